The lowest BCUT2D eigenvalue weighted by atomic mass is 9.89. The SMILES string of the molecule is C=C(C)[C@@H](C(=O)N[C@H](C(=O)N(C)[C@@H]([C@@H](C)CC)[C@@H](CC(=O)N1CCC[C@H]1[C@H](OC)[C@@H](C)C(=O)O)OC)C(C)C)N(C)C(=O)OC(C)(C)C. The highest BCUT2D eigenvalue weighted by Gasteiger charge is 2.43. The van der Waals surface area contributed by atoms with Crippen LogP contribution in [0.1, 0.15) is 88.0 Å². The van der Waals surface area contributed by atoms with Gasteiger partial charge in [-0.3, -0.25) is 24.1 Å². The minimum Gasteiger partial charge on any atom is -0.481 e. The summed E-state index contributed by atoms with van der Waals surface area (Å²) in [4.78, 5) is 70.7. The van der Waals surface area contributed by atoms with Crippen molar-refractivity contribution in [2.24, 2.45) is 17.8 Å². The van der Waals surface area contributed by atoms with E-state index in [1.165, 1.54) is 26.2 Å². The third kappa shape index (κ3) is 11.2. The summed E-state index contributed by atoms with van der Waals surface area (Å²) in [5, 5.41) is 12.5. The van der Waals surface area contributed by atoms with Crippen LogP contribution < -0.4 is 5.32 Å². The van der Waals surface area contributed by atoms with E-state index < -0.39 is 65.9 Å². The molecule has 13 heteroatoms. The van der Waals surface area contributed by atoms with Crippen molar-refractivity contribution in [3.63, 3.8) is 0 Å². The second kappa shape index (κ2) is 18.5. The lowest BCUT2D eigenvalue weighted by Crippen LogP contribution is -2.60. The van der Waals surface area contributed by atoms with Gasteiger partial charge in [0.1, 0.15) is 17.7 Å². The number of nitrogens with zero attached hydrogens (tertiary/aromatic N) is 3. The van der Waals surface area contributed by atoms with Crippen molar-refractivity contribution >= 4 is 29.8 Å². The molecule has 1 aliphatic heterocycles. The first-order valence-electron chi connectivity index (χ1n) is 16.9. The van der Waals surface area contributed by atoms with Crippen LogP contribution in [0.5, 0.6) is 0 Å². The van der Waals surface area contributed by atoms with E-state index in [2.05, 4.69) is 11.9 Å². The summed E-state index contributed by atoms with van der Waals surface area (Å²) in [7, 11) is 6.06. The number of hydrogen-bond donors (Lipinski definition) is 2. The maximum Gasteiger partial charge on any atom is 0.410 e. The van der Waals surface area contributed by atoms with Crippen molar-refractivity contribution in [2.75, 3.05) is 34.9 Å². The van der Waals surface area contributed by atoms with Crippen molar-refractivity contribution in [3.8, 4) is 0 Å². The molecule has 0 saturated carbocycles. The molecule has 0 bridgehead atoms. The highest BCUT2D eigenvalue weighted by Crippen LogP contribution is 2.29. The normalized spacial score (nSPS) is 19.4. The highest BCUT2D eigenvalue weighted by atomic mass is 16.6. The molecular formula is C35H62N4O9. The quantitative estimate of drug-likeness (QED) is 0.217. The van der Waals surface area contributed by atoms with Gasteiger partial charge in [-0.05, 0) is 64.9 Å². The number of likely N-dealkylation sites (tertiary alicyclic amines) is 1. The zero-order valence-electron chi connectivity index (χ0n) is 31.5. The van der Waals surface area contributed by atoms with E-state index >= 15 is 0 Å². The van der Waals surface area contributed by atoms with Gasteiger partial charge < -0.3 is 34.4 Å². The van der Waals surface area contributed by atoms with Crippen LogP contribution >= 0.6 is 0 Å². The molecule has 276 valence electrons. The minimum absolute atomic E-state index is 0.0331. The Labute approximate surface area is 287 Å². The van der Waals surface area contributed by atoms with Gasteiger partial charge in [0.25, 0.3) is 0 Å². The van der Waals surface area contributed by atoms with E-state index in [1.54, 1.807) is 51.5 Å². The molecular weight excluding hydrogens is 620 g/mol. The highest BCUT2D eigenvalue weighted by molar-refractivity contribution is 5.93. The maximum absolute atomic E-state index is 14.2. The van der Waals surface area contributed by atoms with Crippen LogP contribution in [-0.2, 0) is 33.4 Å². The third-order valence-electron chi connectivity index (χ3n) is 9.25. The summed E-state index contributed by atoms with van der Waals surface area (Å²) >= 11 is 0. The molecule has 8 atom stereocenters. The van der Waals surface area contributed by atoms with Crippen molar-refractivity contribution in [2.45, 2.75) is 130 Å². The molecule has 0 aliphatic carbocycles. The fourth-order valence-electron chi connectivity index (χ4n) is 6.43. The maximum atomic E-state index is 14.2. The van der Waals surface area contributed by atoms with Gasteiger partial charge >= 0.3 is 12.1 Å². The predicted molar refractivity (Wildman–Crippen MR) is 183 cm³/mol. The zero-order chi connectivity index (χ0) is 37.3. The minimum atomic E-state index is -1.08. The molecule has 1 saturated heterocycles. The van der Waals surface area contributed by atoms with Crippen LogP contribution in [0.15, 0.2) is 12.2 Å². The largest absolute Gasteiger partial charge is 0.481 e. The number of methoxy groups -OCH3 is 2. The monoisotopic (exact) mass is 682 g/mol. The summed E-state index contributed by atoms with van der Waals surface area (Å²) in [5.41, 5.74) is -0.378. The molecule has 0 aromatic heterocycles. The number of carbonyl (C=O) groups is 5. The summed E-state index contributed by atoms with van der Waals surface area (Å²) in [6.45, 7) is 20.4. The van der Waals surface area contributed by atoms with Gasteiger partial charge in [0.2, 0.25) is 17.7 Å². The van der Waals surface area contributed by atoms with E-state index in [9.17, 15) is 29.1 Å². The molecule has 1 aliphatic rings. The molecule has 0 radical (unpaired) electrons. The summed E-state index contributed by atoms with van der Waals surface area (Å²) in [5.74, 6) is -3.36. The van der Waals surface area contributed by atoms with E-state index in [0.717, 1.165) is 6.42 Å². The van der Waals surface area contributed by atoms with Crippen molar-refractivity contribution in [1.82, 2.24) is 20.0 Å². The summed E-state index contributed by atoms with van der Waals surface area (Å²) in [6, 6.07) is -2.97. The Balaban J connectivity index is 3.32. The fourth-order valence-corrected chi connectivity index (χ4v) is 6.43. The van der Waals surface area contributed by atoms with Gasteiger partial charge in [0.15, 0.2) is 0 Å². The van der Waals surface area contributed by atoms with Crippen LogP contribution in [0.2, 0.25) is 0 Å². The number of hydrogen-bond acceptors (Lipinski definition) is 8. The van der Waals surface area contributed by atoms with Gasteiger partial charge in [-0.1, -0.05) is 40.7 Å². The fraction of sp³-hybridized carbons (Fsp3) is 0.800. The molecule has 0 spiro atoms. The average Bonchev–Trinajstić information content (AvgIpc) is 3.47. The second-order valence-corrected chi connectivity index (χ2v) is 14.5. The van der Waals surface area contributed by atoms with Crippen LogP contribution in [0, 0.1) is 17.8 Å². The lowest BCUT2D eigenvalue weighted by molar-refractivity contribution is -0.152. The first-order valence-corrected chi connectivity index (χ1v) is 16.9. The standard InChI is InChI=1S/C35H62N4O9/c1-15-22(6)29(25(46-13)19-26(40)39-18-16-17-24(39)30(47-14)23(7)33(43)44)37(11)32(42)27(20(2)3)36-31(41)28(21(4)5)38(12)34(45)48-35(8,9)10/h20,22-25,27-30H,4,15-19H2,1-3,5-14H3,(H,36,41)(H,43,44)/t22-,23+,24-,25+,27-,28-,29-,30+/m0/s1. The number of carboxylic acid groups (broad SMARTS) is 1. The Hall–Kier alpha value is -3.19. The molecule has 48 heavy (non-hydrogen) atoms. The van der Waals surface area contributed by atoms with Gasteiger partial charge in [-0.2, -0.15) is 0 Å². The lowest BCUT2D eigenvalue weighted by Gasteiger charge is -2.41. The molecule has 1 fully saturated rings. The molecule has 1 heterocycles. The Morgan fingerprint density at radius 3 is 2.04 bits per heavy atom. The Morgan fingerprint density at radius 1 is 1.02 bits per heavy atom. The van der Waals surface area contributed by atoms with Gasteiger partial charge in [-0.25, -0.2) is 4.79 Å². The smallest absolute Gasteiger partial charge is 0.410 e. The van der Waals surface area contributed by atoms with Gasteiger partial charge in [0.05, 0.1) is 36.6 Å². The first-order chi connectivity index (χ1) is 22.1. The van der Waals surface area contributed by atoms with Gasteiger partial charge in [-0.15, -0.1) is 0 Å². The third-order valence-corrected chi connectivity index (χ3v) is 9.25. The van der Waals surface area contributed by atoms with Gasteiger partial charge in [0, 0.05) is 34.9 Å². The molecule has 1 rings (SSSR count). The number of carbonyl (C=O) groups excluding carboxylic acids is 4. The average molecular weight is 683 g/mol. The number of nitrogens with one attached hydrogen (secondary N) is 1. The first kappa shape index (κ1) is 42.8. The van der Waals surface area contributed by atoms with Crippen LogP contribution in [0.4, 0.5) is 4.79 Å². The topological polar surface area (TPSA) is 155 Å². The van der Waals surface area contributed by atoms with Crippen molar-refractivity contribution in [1.29, 1.82) is 0 Å². The van der Waals surface area contributed by atoms with E-state index in [0.29, 0.717) is 25.0 Å². The van der Waals surface area contributed by atoms with Crippen LogP contribution in [-0.4, -0.2) is 126 Å². The van der Waals surface area contributed by atoms with E-state index in [-0.39, 0.29) is 30.1 Å². The molecule has 4 amide bonds. The van der Waals surface area contributed by atoms with Crippen molar-refractivity contribution < 1.29 is 43.3 Å². The number of ether oxygens (including phenoxy) is 3. The molecule has 0 aromatic rings. The van der Waals surface area contributed by atoms with Crippen molar-refractivity contribution in [3.05, 3.63) is 12.2 Å². The Morgan fingerprint density at radius 2 is 1.60 bits per heavy atom. The van der Waals surface area contributed by atoms with E-state index in [1.807, 2.05) is 27.7 Å². The molecule has 13 nitrogen and oxygen atoms in total. The number of carboxylic acids is 1. The summed E-state index contributed by atoms with van der Waals surface area (Å²) < 4.78 is 16.9. The number of rotatable bonds is 17. The second-order valence-electron chi connectivity index (χ2n) is 14.5. The molecule has 0 unspecified atom stereocenters. The number of aliphatic carboxylic acids is 1. The zero-order valence-corrected chi connectivity index (χ0v) is 31.5. The molecule has 2 N–H and O–H groups in total. The van der Waals surface area contributed by atoms with Crippen LogP contribution in [0.3, 0.4) is 0 Å². The van der Waals surface area contributed by atoms with E-state index in [4.69, 9.17) is 14.2 Å². The number of likely N-dealkylation sites (N-methyl/N-ethyl adjacent to an activating group) is 2. The van der Waals surface area contributed by atoms with Crippen LogP contribution in [0.25, 0.3) is 0 Å². The molecule has 0 aromatic carbocycles. The Kier molecular flexibility index (Phi) is 16.5. The Bertz CT molecular complexity index is 1140. The predicted octanol–water partition coefficient (Wildman–Crippen LogP) is 3.94. The number of amides is 4. The summed E-state index contributed by atoms with van der Waals surface area (Å²) in [6.07, 6.45) is -0.0677.